The van der Waals surface area contributed by atoms with E-state index in [1.165, 1.54) is 5.56 Å². The number of hydrogen-bond acceptors (Lipinski definition) is 4. The van der Waals surface area contributed by atoms with Crippen LogP contribution in [0.5, 0.6) is 5.75 Å². The third-order valence-corrected chi connectivity index (χ3v) is 4.85. The van der Waals surface area contributed by atoms with Crippen LogP contribution in [0.2, 0.25) is 0 Å². The lowest BCUT2D eigenvalue weighted by atomic mass is 9.87. The maximum Gasteiger partial charge on any atom is 0.188 e. The first kappa shape index (κ1) is 17.8. The van der Waals surface area contributed by atoms with Crippen molar-refractivity contribution in [1.29, 1.82) is 0 Å². The molecule has 6 nitrogen and oxygen atoms in total. The second kappa shape index (κ2) is 7.19. The van der Waals surface area contributed by atoms with E-state index in [1.54, 1.807) is 0 Å². The van der Waals surface area contributed by atoms with Crippen molar-refractivity contribution in [2.24, 2.45) is 0 Å². The number of aromatic nitrogens is 4. The van der Waals surface area contributed by atoms with Crippen LogP contribution in [0.15, 0.2) is 42.6 Å². The predicted molar refractivity (Wildman–Crippen MR) is 104 cm³/mol. The molecule has 1 N–H and O–H groups in total. The zero-order valence-corrected chi connectivity index (χ0v) is 16.1. The van der Waals surface area contributed by atoms with Crippen LogP contribution in [0, 0.1) is 0 Å². The van der Waals surface area contributed by atoms with E-state index in [1.807, 2.05) is 35.1 Å². The number of nitrogens with one attached hydrogen (secondary N) is 1. The van der Waals surface area contributed by atoms with E-state index in [0.29, 0.717) is 19.0 Å². The average Bonchev–Trinajstić information content (AvgIpc) is 3.39. The predicted octanol–water partition coefficient (Wildman–Crippen LogP) is 4.11. The van der Waals surface area contributed by atoms with E-state index < -0.39 is 0 Å². The minimum Gasteiger partial charge on any atom is -0.486 e. The van der Waals surface area contributed by atoms with Crippen molar-refractivity contribution in [2.45, 2.75) is 45.3 Å². The highest BCUT2D eigenvalue weighted by Gasteiger charge is 2.24. The molecule has 6 heteroatoms. The third kappa shape index (κ3) is 3.90. The van der Waals surface area contributed by atoms with Gasteiger partial charge in [-0.25, -0.2) is 9.67 Å². The van der Waals surface area contributed by atoms with Crippen LogP contribution in [0.4, 0.5) is 0 Å². The van der Waals surface area contributed by atoms with E-state index >= 15 is 0 Å². The standard InChI is InChI=1S/C21H26N4O2/c1-21(2,3)15-6-8-17(9-7-15)27-14-19-23-20(18-5-4-11-22-18)25(24-19)16-10-12-26-13-16/h4-9,11,16,22H,10,12-14H2,1-3H3. The zero-order chi connectivity index (χ0) is 18.9. The lowest BCUT2D eigenvalue weighted by molar-refractivity contribution is 0.184. The molecule has 1 atom stereocenters. The first-order valence-electron chi connectivity index (χ1n) is 9.41. The minimum atomic E-state index is 0.132. The average molecular weight is 366 g/mol. The molecule has 3 heterocycles. The first-order valence-corrected chi connectivity index (χ1v) is 9.41. The fourth-order valence-electron chi connectivity index (χ4n) is 3.25. The number of rotatable bonds is 5. The summed E-state index contributed by atoms with van der Waals surface area (Å²) in [6.45, 7) is 8.38. The largest absolute Gasteiger partial charge is 0.486 e. The van der Waals surface area contributed by atoms with Crippen LogP contribution in [-0.2, 0) is 16.8 Å². The van der Waals surface area contributed by atoms with Gasteiger partial charge in [-0.15, -0.1) is 0 Å². The summed E-state index contributed by atoms with van der Waals surface area (Å²) < 4.78 is 13.4. The van der Waals surface area contributed by atoms with Crippen molar-refractivity contribution in [1.82, 2.24) is 19.7 Å². The Morgan fingerprint density at radius 2 is 2.04 bits per heavy atom. The van der Waals surface area contributed by atoms with Gasteiger partial charge in [-0.05, 0) is 41.7 Å². The lowest BCUT2D eigenvalue weighted by Gasteiger charge is -2.19. The molecule has 0 bridgehead atoms. The number of hydrogen-bond donors (Lipinski definition) is 1. The van der Waals surface area contributed by atoms with E-state index in [9.17, 15) is 0 Å². The van der Waals surface area contributed by atoms with Gasteiger partial charge in [0.25, 0.3) is 0 Å². The van der Waals surface area contributed by atoms with E-state index in [4.69, 9.17) is 19.6 Å². The van der Waals surface area contributed by atoms with Gasteiger partial charge in [0.05, 0.1) is 18.3 Å². The number of H-pyrrole nitrogens is 1. The van der Waals surface area contributed by atoms with Gasteiger partial charge in [-0.1, -0.05) is 32.9 Å². The topological polar surface area (TPSA) is 65.0 Å². The van der Waals surface area contributed by atoms with Crippen LogP contribution in [0.1, 0.15) is 44.6 Å². The molecule has 1 aromatic carbocycles. The zero-order valence-electron chi connectivity index (χ0n) is 16.1. The minimum absolute atomic E-state index is 0.132. The molecule has 0 saturated carbocycles. The maximum atomic E-state index is 5.93. The Morgan fingerprint density at radius 1 is 1.22 bits per heavy atom. The van der Waals surface area contributed by atoms with Crippen LogP contribution >= 0.6 is 0 Å². The summed E-state index contributed by atoms with van der Waals surface area (Å²) in [6, 6.07) is 12.4. The lowest BCUT2D eigenvalue weighted by Crippen LogP contribution is -2.12. The molecule has 4 rings (SSSR count). The molecule has 142 valence electrons. The number of nitrogens with zero attached hydrogens (tertiary/aromatic N) is 3. The van der Waals surface area contributed by atoms with E-state index in [2.05, 4.69) is 37.9 Å². The summed E-state index contributed by atoms with van der Waals surface area (Å²) in [4.78, 5) is 7.93. The quantitative estimate of drug-likeness (QED) is 0.738. The van der Waals surface area contributed by atoms with Gasteiger partial charge >= 0.3 is 0 Å². The molecule has 0 amide bonds. The van der Waals surface area contributed by atoms with Crippen molar-refractivity contribution < 1.29 is 9.47 Å². The molecule has 1 saturated heterocycles. The summed E-state index contributed by atoms with van der Waals surface area (Å²) in [5.74, 6) is 2.33. The molecule has 0 spiro atoms. The van der Waals surface area contributed by atoms with E-state index in [-0.39, 0.29) is 11.5 Å². The Hall–Kier alpha value is -2.60. The molecule has 1 aliphatic heterocycles. The molecular weight excluding hydrogens is 340 g/mol. The number of benzene rings is 1. The van der Waals surface area contributed by atoms with Gasteiger partial charge in [0.1, 0.15) is 12.4 Å². The number of ether oxygens (including phenoxy) is 2. The molecule has 0 radical (unpaired) electrons. The Bertz CT molecular complexity index is 870. The maximum absolute atomic E-state index is 5.93. The normalized spacial score (nSPS) is 17.4. The Morgan fingerprint density at radius 3 is 2.67 bits per heavy atom. The summed E-state index contributed by atoms with van der Waals surface area (Å²) in [5, 5.41) is 4.70. The summed E-state index contributed by atoms with van der Waals surface area (Å²) >= 11 is 0. The summed E-state index contributed by atoms with van der Waals surface area (Å²) in [7, 11) is 0. The molecule has 2 aromatic heterocycles. The smallest absolute Gasteiger partial charge is 0.188 e. The Kier molecular flexibility index (Phi) is 4.74. The SMILES string of the molecule is CC(C)(C)c1ccc(OCc2nc(-c3ccc[nH]3)n(C3CCOC3)n2)cc1. The van der Waals surface area contributed by atoms with Gasteiger partial charge in [-0.3, -0.25) is 0 Å². The highest BCUT2D eigenvalue weighted by Crippen LogP contribution is 2.26. The van der Waals surface area contributed by atoms with Crippen molar-refractivity contribution in [3.63, 3.8) is 0 Å². The highest BCUT2D eigenvalue weighted by molar-refractivity contribution is 5.49. The van der Waals surface area contributed by atoms with Crippen LogP contribution in [0.25, 0.3) is 11.5 Å². The van der Waals surface area contributed by atoms with Crippen molar-refractivity contribution >= 4 is 0 Å². The molecule has 3 aromatic rings. The Labute approximate surface area is 159 Å². The van der Waals surface area contributed by atoms with Crippen LogP contribution in [-0.4, -0.2) is 33.0 Å². The van der Waals surface area contributed by atoms with Crippen molar-refractivity contribution in [3.05, 3.63) is 54.0 Å². The van der Waals surface area contributed by atoms with Crippen LogP contribution < -0.4 is 4.74 Å². The Balaban J connectivity index is 1.51. The van der Waals surface area contributed by atoms with Crippen LogP contribution in [0.3, 0.4) is 0 Å². The summed E-state index contributed by atoms with van der Waals surface area (Å²) in [6.07, 6.45) is 2.85. The number of aromatic amines is 1. The molecule has 27 heavy (non-hydrogen) atoms. The fourth-order valence-corrected chi connectivity index (χ4v) is 3.25. The molecule has 1 aliphatic rings. The van der Waals surface area contributed by atoms with Gasteiger partial charge in [0.15, 0.2) is 11.6 Å². The van der Waals surface area contributed by atoms with Gasteiger partial charge in [0, 0.05) is 12.8 Å². The molecular formula is C21H26N4O2. The van der Waals surface area contributed by atoms with Gasteiger partial charge in [-0.2, -0.15) is 5.10 Å². The molecule has 1 fully saturated rings. The van der Waals surface area contributed by atoms with Crippen molar-refractivity contribution in [2.75, 3.05) is 13.2 Å². The first-order chi connectivity index (χ1) is 13.0. The highest BCUT2D eigenvalue weighted by atomic mass is 16.5. The van der Waals surface area contributed by atoms with Gasteiger partial charge < -0.3 is 14.5 Å². The van der Waals surface area contributed by atoms with E-state index in [0.717, 1.165) is 30.3 Å². The second-order valence-electron chi connectivity index (χ2n) is 7.96. The monoisotopic (exact) mass is 366 g/mol. The molecule has 1 unspecified atom stereocenters. The van der Waals surface area contributed by atoms with Gasteiger partial charge in [0.2, 0.25) is 0 Å². The fraction of sp³-hybridized carbons (Fsp3) is 0.429. The molecule has 0 aliphatic carbocycles. The second-order valence-corrected chi connectivity index (χ2v) is 7.96. The summed E-state index contributed by atoms with van der Waals surface area (Å²) in [5.41, 5.74) is 2.37. The van der Waals surface area contributed by atoms with Crippen molar-refractivity contribution in [3.8, 4) is 17.3 Å². The third-order valence-electron chi connectivity index (χ3n) is 4.85.